The maximum Gasteiger partial charge on any atom is 0.336 e. The summed E-state index contributed by atoms with van der Waals surface area (Å²) in [6.45, 7) is 1.69. The number of benzene rings is 1. The normalized spacial score (nSPS) is 14.1. The molecule has 1 aromatic carbocycles. The molecule has 3 rings (SSSR count). The van der Waals surface area contributed by atoms with Crippen molar-refractivity contribution in [1.29, 1.82) is 0 Å². The quantitative estimate of drug-likeness (QED) is 0.822. The van der Waals surface area contributed by atoms with Crippen molar-refractivity contribution in [3.8, 4) is 0 Å². The highest BCUT2D eigenvalue weighted by Crippen LogP contribution is 2.35. The third-order valence-corrected chi connectivity index (χ3v) is 6.08. The van der Waals surface area contributed by atoms with Gasteiger partial charge in [-0.3, -0.25) is 0 Å². The standard InChI is InChI=1S/C15H13BrClNO2S/c16-12-7-9(21-14(12)17)8-18-6-2-4-10-11(15(19)20)3-1-5-13(10)18/h1,3,5,7H,2,4,6,8H2,(H,19,20). The van der Waals surface area contributed by atoms with Crippen LogP contribution in [0.4, 0.5) is 5.69 Å². The molecule has 1 aliphatic heterocycles. The van der Waals surface area contributed by atoms with Gasteiger partial charge in [0.05, 0.1) is 12.1 Å². The maximum absolute atomic E-state index is 11.3. The number of aromatic carboxylic acids is 1. The number of carboxylic acid groups (broad SMARTS) is 1. The van der Waals surface area contributed by atoms with Gasteiger partial charge in [-0.1, -0.05) is 17.7 Å². The number of rotatable bonds is 3. The molecule has 0 fully saturated rings. The molecule has 6 heteroatoms. The summed E-state index contributed by atoms with van der Waals surface area (Å²) in [7, 11) is 0. The van der Waals surface area contributed by atoms with Crippen molar-refractivity contribution in [1.82, 2.24) is 0 Å². The van der Waals surface area contributed by atoms with E-state index in [2.05, 4.69) is 20.8 Å². The Labute approximate surface area is 140 Å². The summed E-state index contributed by atoms with van der Waals surface area (Å²) in [5, 5.41) is 9.32. The summed E-state index contributed by atoms with van der Waals surface area (Å²) in [6, 6.07) is 7.54. The van der Waals surface area contributed by atoms with E-state index < -0.39 is 5.97 Å². The minimum atomic E-state index is -0.851. The van der Waals surface area contributed by atoms with Gasteiger partial charge in [0, 0.05) is 21.6 Å². The predicted octanol–water partition coefficient (Wildman–Crippen LogP) is 4.82. The van der Waals surface area contributed by atoms with E-state index in [1.165, 1.54) is 4.88 Å². The van der Waals surface area contributed by atoms with Gasteiger partial charge in [-0.15, -0.1) is 11.3 Å². The van der Waals surface area contributed by atoms with Gasteiger partial charge in [0.2, 0.25) is 0 Å². The van der Waals surface area contributed by atoms with Gasteiger partial charge in [0.15, 0.2) is 0 Å². The van der Waals surface area contributed by atoms with E-state index in [0.717, 1.165) is 46.0 Å². The smallest absolute Gasteiger partial charge is 0.336 e. The second kappa shape index (κ2) is 5.99. The van der Waals surface area contributed by atoms with Crippen LogP contribution in [0.2, 0.25) is 4.34 Å². The van der Waals surface area contributed by atoms with Crippen LogP contribution in [-0.4, -0.2) is 17.6 Å². The first-order valence-electron chi connectivity index (χ1n) is 6.60. The van der Waals surface area contributed by atoms with Crippen LogP contribution in [0, 0.1) is 0 Å². The molecule has 3 nitrogen and oxygen atoms in total. The van der Waals surface area contributed by atoms with Crippen LogP contribution in [0.3, 0.4) is 0 Å². The van der Waals surface area contributed by atoms with Crippen LogP contribution >= 0.6 is 38.9 Å². The van der Waals surface area contributed by atoms with Crippen LogP contribution in [0.5, 0.6) is 0 Å². The Morgan fingerprint density at radius 3 is 2.95 bits per heavy atom. The van der Waals surface area contributed by atoms with Gasteiger partial charge < -0.3 is 10.0 Å². The molecule has 1 aromatic heterocycles. The number of hydrogen-bond acceptors (Lipinski definition) is 3. The molecule has 21 heavy (non-hydrogen) atoms. The number of carboxylic acids is 1. The lowest BCUT2D eigenvalue weighted by atomic mass is 9.96. The van der Waals surface area contributed by atoms with E-state index in [9.17, 15) is 9.90 Å². The second-order valence-corrected chi connectivity index (χ2v) is 7.56. The molecule has 0 aliphatic carbocycles. The molecule has 1 aliphatic rings. The topological polar surface area (TPSA) is 40.5 Å². The highest BCUT2D eigenvalue weighted by atomic mass is 79.9. The van der Waals surface area contributed by atoms with Gasteiger partial charge in [0.1, 0.15) is 4.34 Å². The molecule has 1 N–H and O–H groups in total. The van der Waals surface area contributed by atoms with Crippen molar-refractivity contribution in [2.45, 2.75) is 19.4 Å². The summed E-state index contributed by atoms with van der Waals surface area (Å²) in [4.78, 5) is 14.7. The van der Waals surface area contributed by atoms with Gasteiger partial charge in [-0.25, -0.2) is 4.79 Å². The van der Waals surface area contributed by atoms with E-state index in [4.69, 9.17) is 11.6 Å². The predicted molar refractivity (Wildman–Crippen MR) is 89.8 cm³/mol. The Hall–Kier alpha value is -1.04. The summed E-state index contributed by atoms with van der Waals surface area (Å²) in [5.41, 5.74) is 2.39. The summed E-state index contributed by atoms with van der Waals surface area (Å²) in [5.74, 6) is -0.851. The van der Waals surface area contributed by atoms with E-state index >= 15 is 0 Å². The van der Waals surface area contributed by atoms with Crippen LogP contribution in [0.15, 0.2) is 28.7 Å². The van der Waals surface area contributed by atoms with Gasteiger partial charge in [0.25, 0.3) is 0 Å². The SMILES string of the molecule is O=C(O)c1cccc2c1CCCN2Cc1cc(Br)c(Cl)s1. The molecule has 0 amide bonds. The lowest BCUT2D eigenvalue weighted by molar-refractivity contribution is 0.0695. The molecule has 0 unspecified atom stereocenters. The summed E-state index contributed by atoms with van der Waals surface area (Å²) < 4.78 is 1.67. The fourth-order valence-electron chi connectivity index (χ4n) is 2.72. The first-order chi connectivity index (χ1) is 10.1. The molecule has 0 bridgehead atoms. The largest absolute Gasteiger partial charge is 0.478 e. The van der Waals surface area contributed by atoms with Crippen molar-refractivity contribution in [2.75, 3.05) is 11.4 Å². The van der Waals surface area contributed by atoms with E-state index in [0.29, 0.717) is 5.56 Å². The molecule has 0 atom stereocenters. The fourth-order valence-corrected chi connectivity index (χ4v) is 4.53. The van der Waals surface area contributed by atoms with Crippen molar-refractivity contribution >= 4 is 50.5 Å². The molecule has 0 spiro atoms. The number of carbonyl (C=O) groups is 1. The first-order valence-corrected chi connectivity index (χ1v) is 8.59. The minimum absolute atomic E-state index is 0.419. The number of anilines is 1. The zero-order valence-corrected chi connectivity index (χ0v) is 14.3. The van der Waals surface area contributed by atoms with Gasteiger partial charge in [-0.05, 0) is 52.5 Å². The Balaban J connectivity index is 1.93. The molecular weight excluding hydrogens is 374 g/mol. The maximum atomic E-state index is 11.3. The van der Waals surface area contributed by atoms with Crippen molar-refractivity contribution in [3.05, 3.63) is 49.1 Å². The Kier molecular flexibility index (Phi) is 4.24. The molecule has 0 radical (unpaired) electrons. The van der Waals surface area contributed by atoms with Crippen molar-refractivity contribution in [3.63, 3.8) is 0 Å². The highest BCUT2D eigenvalue weighted by Gasteiger charge is 2.22. The number of nitrogens with zero attached hydrogens (tertiary/aromatic N) is 1. The lowest BCUT2D eigenvalue weighted by Gasteiger charge is -2.31. The number of hydrogen-bond donors (Lipinski definition) is 1. The molecule has 0 saturated heterocycles. The van der Waals surface area contributed by atoms with Crippen LogP contribution in [0.1, 0.15) is 27.2 Å². The Bertz CT molecular complexity index is 681. The summed E-state index contributed by atoms with van der Waals surface area (Å²) in [6.07, 6.45) is 1.79. The van der Waals surface area contributed by atoms with Crippen molar-refractivity contribution < 1.29 is 9.90 Å². The monoisotopic (exact) mass is 385 g/mol. The van der Waals surface area contributed by atoms with Crippen LogP contribution in [0.25, 0.3) is 0 Å². The van der Waals surface area contributed by atoms with E-state index in [1.807, 2.05) is 18.2 Å². The van der Waals surface area contributed by atoms with Crippen LogP contribution < -0.4 is 4.90 Å². The zero-order chi connectivity index (χ0) is 15.0. The van der Waals surface area contributed by atoms with E-state index in [1.54, 1.807) is 17.4 Å². The van der Waals surface area contributed by atoms with Crippen LogP contribution in [-0.2, 0) is 13.0 Å². The minimum Gasteiger partial charge on any atom is -0.478 e. The third-order valence-electron chi connectivity index (χ3n) is 3.62. The zero-order valence-electron chi connectivity index (χ0n) is 11.1. The average molecular weight is 387 g/mol. The number of thiophene rings is 1. The average Bonchev–Trinajstić information content (AvgIpc) is 2.77. The molecule has 110 valence electrons. The Morgan fingerprint density at radius 2 is 2.29 bits per heavy atom. The van der Waals surface area contributed by atoms with Gasteiger partial charge in [-0.2, -0.15) is 0 Å². The third kappa shape index (κ3) is 2.96. The number of halogens is 2. The first kappa shape index (κ1) is 14.9. The molecular formula is C15H13BrClNO2S. The Morgan fingerprint density at radius 1 is 1.48 bits per heavy atom. The number of fused-ring (bicyclic) bond motifs is 1. The molecule has 0 saturated carbocycles. The van der Waals surface area contributed by atoms with E-state index in [-0.39, 0.29) is 0 Å². The van der Waals surface area contributed by atoms with Gasteiger partial charge >= 0.3 is 5.97 Å². The van der Waals surface area contributed by atoms with Crippen molar-refractivity contribution in [2.24, 2.45) is 0 Å². The molecule has 2 aromatic rings. The second-order valence-electron chi connectivity index (χ2n) is 4.97. The fraction of sp³-hybridized carbons (Fsp3) is 0.267. The highest BCUT2D eigenvalue weighted by molar-refractivity contribution is 9.10. The lowest BCUT2D eigenvalue weighted by Crippen LogP contribution is -2.29. The molecule has 2 heterocycles. The summed E-state index contributed by atoms with van der Waals surface area (Å²) >= 11 is 11.1.